The smallest absolute Gasteiger partial charge is 0.0628 e. The summed E-state index contributed by atoms with van der Waals surface area (Å²) in [7, 11) is 1.98. The van der Waals surface area contributed by atoms with E-state index in [1.807, 2.05) is 30.9 Å². The Morgan fingerprint density at radius 1 is 1.26 bits per heavy atom. The van der Waals surface area contributed by atoms with Gasteiger partial charge in [0.05, 0.1) is 5.69 Å². The van der Waals surface area contributed by atoms with Crippen molar-refractivity contribution in [2.75, 3.05) is 0 Å². The van der Waals surface area contributed by atoms with Gasteiger partial charge in [-0.2, -0.15) is 5.10 Å². The van der Waals surface area contributed by atoms with Crippen LogP contribution in [0.5, 0.6) is 0 Å². The normalized spacial score (nSPS) is 12.7. The van der Waals surface area contributed by atoms with Gasteiger partial charge in [0.1, 0.15) is 0 Å². The van der Waals surface area contributed by atoms with Gasteiger partial charge in [-0.25, -0.2) is 0 Å². The van der Waals surface area contributed by atoms with Crippen molar-refractivity contribution in [3.63, 3.8) is 0 Å². The lowest BCUT2D eigenvalue weighted by Gasteiger charge is -2.12. The van der Waals surface area contributed by atoms with E-state index >= 15 is 0 Å². The highest BCUT2D eigenvalue weighted by atomic mass is 15.3. The number of aryl methyl sites for hydroxylation is 3. The molecule has 0 bridgehead atoms. The molecule has 2 N–H and O–H groups in total. The van der Waals surface area contributed by atoms with E-state index in [4.69, 9.17) is 5.73 Å². The molecule has 0 aromatic carbocycles. The van der Waals surface area contributed by atoms with Crippen molar-refractivity contribution in [3.05, 3.63) is 46.5 Å². The average Bonchev–Trinajstić information content (AvgIpc) is 2.62. The largest absolute Gasteiger partial charge is 0.324 e. The lowest BCUT2D eigenvalue weighted by atomic mass is 10.00. The summed E-state index contributed by atoms with van der Waals surface area (Å²) in [6.45, 7) is 6.15. The van der Waals surface area contributed by atoms with Gasteiger partial charge in [-0.15, -0.1) is 0 Å². The van der Waals surface area contributed by atoms with Gasteiger partial charge in [-0.1, -0.05) is 6.07 Å². The van der Waals surface area contributed by atoms with Crippen LogP contribution in [0.3, 0.4) is 0 Å². The van der Waals surface area contributed by atoms with Gasteiger partial charge >= 0.3 is 0 Å². The van der Waals surface area contributed by atoms with Crippen LogP contribution in [0.25, 0.3) is 0 Å². The number of hydrogen-bond acceptors (Lipinski definition) is 3. The molecule has 0 aliphatic rings. The zero-order valence-electron chi connectivity index (χ0n) is 12.1. The molecule has 0 radical (unpaired) electrons. The molecule has 0 amide bonds. The fraction of sp³-hybridized carbons (Fsp3) is 0.467. The molecule has 1 unspecified atom stereocenters. The average molecular weight is 258 g/mol. The number of rotatable bonds is 4. The lowest BCUT2D eigenvalue weighted by Crippen LogP contribution is -2.12. The Bertz CT molecular complexity index is 554. The molecule has 4 heteroatoms. The third-order valence-electron chi connectivity index (χ3n) is 3.73. The summed E-state index contributed by atoms with van der Waals surface area (Å²) in [4.78, 5) is 4.30. The standard InChI is InChI=1S/C15H22N4/c1-10-5-6-13(9-17-10)15(16)8-7-14-11(2)18-19(4)12(14)3/h5-6,9,15H,7-8,16H2,1-4H3. The highest BCUT2D eigenvalue weighted by Gasteiger charge is 2.12. The second kappa shape index (κ2) is 5.53. The number of hydrogen-bond donors (Lipinski definition) is 1. The molecule has 0 spiro atoms. The van der Waals surface area contributed by atoms with E-state index in [-0.39, 0.29) is 6.04 Å². The molecule has 2 heterocycles. The van der Waals surface area contributed by atoms with Crippen LogP contribution in [-0.4, -0.2) is 14.8 Å². The Balaban J connectivity index is 2.04. The van der Waals surface area contributed by atoms with E-state index in [1.54, 1.807) is 0 Å². The first kappa shape index (κ1) is 13.7. The highest BCUT2D eigenvalue weighted by molar-refractivity contribution is 5.25. The molecule has 0 aliphatic carbocycles. The van der Waals surface area contributed by atoms with Crippen LogP contribution in [0.1, 0.15) is 40.7 Å². The van der Waals surface area contributed by atoms with Crippen LogP contribution in [0.4, 0.5) is 0 Å². The Morgan fingerprint density at radius 3 is 2.53 bits per heavy atom. The van der Waals surface area contributed by atoms with Gasteiger partial charge < -0.3 is 5.73 Å². The molecule has 0 saturated heterocycles. The van der Waals surface area contributed by atoms with E-state index < -0.39 is 0 Å². The second-order valence-electron chi connectivity index (χ2n) is 5.15. The van der Waals surface area contributed by atoms with Gasteiger partial charge in [0.15, 0.2) is 0 Å². The molecule has 4 nitrogen and oxygen atoms in total. The van der Waals surface area contributed by atoms with E-state index in [9.17, 15) is 0 Å². The van der Waals surface area contributed by atoms with Gasteiger partial charge in [0.2, 0.25) is 0 Å². The molecule has 2 aromatic rings. The van der Waals surface area contributed by atoms with E-state index in [2.05, 4.69) is 30.0 Å². The molecule has 102 valence electrons. The predicted octanol–water partition coefficient (Wildman–Crippen LogP) is 2.37. The highest BCUT2D eigenvalue weighted by Crippen LogP contribution is 2.20. The maximum absolute atomic E-state index is 6.23. The van der Waals surface area contributed by atoms with E-state index in [0.717, 1.165) is 29.8 Å². The van der Waals surface area contributed by atoms with Gasteiger partial charge in [0.25, 0.3) is 0 Å². The number of aromatic nitrogens is 3. The minimum absolute atomic E-state index is 0.0344. The molecule has 0 aliphatic heterocycles. The van der Waals surface area contributed by atoms with Crippen LogP contribution >= 0.6 is 0 Å². The van der Waals surface area contributed by atoms with Crippen LogP contribution < -0.4 is 5.73 Å². The molecule has 19 heavy (non-hydrogen) atoms. The van der Waals surface area contributed by atoms with Crippen molar-refractivity contribution in [3.8, 4) is 0 Å². The Hall–Kier alpha value is -1.68. The van der Waals surface area contributed by atoms with Gasteiger partial charge in [0, 0.05) is 30.7 Å². The SMILES string of the molecule is Cc1ccc(C(N)CCc2c(C)nn(C)c2C)cn1. The first-order valence-electron chi connectivity index (χ1n) is 6.66. The number of nitrogens with zero attached hydrogens (tertiary/aromatic N) is 3. The van der Waals surface area contributed by atoms with E-state index in [0.29, 0.717) is 0 Å². The van der Waals surface area contributed by atoms with Crippen molar-refractivity contribution in [1.29, 1.82) is 0 Å². The third-order valence-corrected chi connectivity index (χ3v) is 3.73. The summed E-state index contributed by atoms with van der Waals surface area (Å²) in [6, 6.07) is 4.11. The second-order valence-corrected chi connectivity index (χ2v) is 5.15. The van der Waals surface area contributed by atoms with Crippen molar-refractivity contribution in [2.24, 2.45) is 12.8 Å². The fourth-order valence-electron chi connectivity index (χ4n) is 2.34. The Labute approximate surface area is 114 Å². The summed E-state index contributed by atoms with van der Waals surface area (Å²) in [5.41, 5.74) is 12.0. The molecule has 2 rings (SSSR count). The zero-order valence-corrected chi connectivity index (χ0v) is 12.1. The maximum atomic E-state index is 6.23. The van der Waals surface area contributed by atoms with Gasteiger partial charge in [-0.3, -0.25) is 9.67 Å². The molecular formula is C15H22N4. The Morgan fingerprint density at radius 2 is 2.00 bits per heavy atom. The number of pyridine rings is 1. The molecular weight excluding hydrogens is 236 g/mol. The van der Waals surface area contributed by atoms with Gasteiger partial charge in [-0.05, 0) is 50.8 Å². The lowest BCUT2D eigenvalue weighted by molar-refractivity contribution is 0.644. The summed E-state index contributed by atoms with van der Waals surface area (Å²) >= 11 is 0. The van der Waals surface area contributed by atoms with Crippen molar-refractivity contribution < 1.29 is 0 Å². The quantitative estimate of drug-likeness (QED) is 0.916. The zero-order chi connectivity index (χ0) is 14.0. The summed E-state index contributed by atoms with van der Waals surface area (Å²) in [5.74, 6) is 0. The molecule has 1 atom stereocenters. The minimum atomic E-state index is 0.0344. The Kier molecular flexibility index (Phi) is 4.00. The first-order chi connectivity index (χ1) is 8.99. The maximum Gasteiger partial charge on any atom is 0.0628 e. The van der Waals surface area contributed by atoms with Crippen molar-refractivity contribution in [2.45, 2.75) is 39.7 Å². The monoisotopic (exact) mass is 258 g/mol. The van der Waals surface area contributed by atoms with Crippen LogP contribution in [0.2, 0.25) is 0 Å². The summed E-state index contributed by atoms with van der Waals surface area (Å²) in [5, 5.41) is 4.44. The van der Waals surface area contributed by atoms with Crippen molar-refractivity contribution in [1.82, 2.24) is 14.8 Å². The molecule has 2 aromatic heterocycles. The van der Waals surface area contributed by atoms with Crippen LogP contribution in [0, 0.1) is 20.8 Å². The first-order valence-corrected chi connectivity index (χ1v) is 6.66. The third kappa shape index (κ3) is 3.01. The van der Waals surface area contributed by atoms with E-state index in [1.165, 1.54) is 11.3 Å². The van der Waals surface area contributed by atoms with Crippen LogP contribution in [0.15, 0.2) is 18.3 Å². The summed E-state index contributed by atoms with van der Waals surface area (Å²) < 4.78 is 1.93. The summed E-state index contributed by atoms with van der Waals surface area (Å²) in [6.07, 6.45) is 3.75. The minimum Gasteiger partial charge on any atom is -0.324 e. The van der Waals surface area contributed by atoms with Crippen LogP contribution in [-0.2, 0) is 13.5 Å². The van der Waals surface area contributed by atoms with Crippen molar-refractivity contribution >= 4 is 0 Å². The number of nitrogens with two attached hydrogens (primary N) is 1. The fourth-order valence-corrected chi connectivity index (χ4v) is 2.34. The molecule has 0 saturated carbocycles. The predicted molar refractivity (Wildman–Crippen MR) is 76.9 cm³/mol. The molecule has 0 fully saturated rings. The topological polar surface area (TPSA) is 56.7 Å².